The van der Waals surface area contributed by atoms with Crippen LogP contribution in [-0.4, -0.2) is 31.5 Å². The molecule has 1 N–H and O–H groups in total. The van der Waals surface area contributed by atoms with E-state index in [-0.39, 0.29) is 11.4 Å². The quantitative estimate of drug-likeness (QED) is 0.612. The van der Waals surface area contributed by atoms with Gasteiger partial charge in [0.05, 0.1) is 11.5 Å². The van der Waals surface area contributed by atoms with E-state index in [1.54, 1.807) is 12.1 Å². The normalized spacial score (nSPS) is 10.6. The molecule has 0 saturated carbocycles. The third-order valence-electron chi connectivity index (χ3n) is 2.59. The Hall–Kier alpha value is -1.92. The van der Waals surface area contributed by atoms with Gasteiger partial charge >= 0.3 is 5.69 Å². The van der Waals surface area contributed by atoms with Gasteiger partial charge in [0.25, 0.3) is 6.43 Å². The highest BCUT2D eigenvalue weighted by atomic mass is 19.3. The highest BCUT2D eigenvalue weighted by molar-refractivity contribution is 5.76. The topological polar surface area (TPSA) is 58.4 Å². The van der Waals surface area contributed by atoms with Crippen molar-refractivity contribution in [3.8, 4) is 0 Å². The van der Waals surface area contributed by atoms with Crippen molar-refractivity contribution in [3.05, 3.63) is 28.3 Å². The molecule has 1 aromatic carbocycles. The fourth-order valence-corrected chi connectivity index (χ4v) is 1.74. The van der Waals surface area contributed by atoms with Crippen LogP contribution in [0, 0.1) is 10.1 Å². The molecule has 0 unspecified atom stereocenters. The summed E-state index contributed by atoms with van der Waals surface area (Å²) < 4.78 is 24.8. The molecule has 0 amide bonds. The first kappa shape index (κ1) is 15.1. The van der Waals surface area contributed by atoms with Crippen LogP contribution < -0.4 is 10.2 Å². The average molecular weight is 273 g/mol. The molecule has 0 aliphatic rings. The Morgan fingerprint density at radius 2 is 2.16 bits per heavy atom. The van der Waals surface area contributed by atoms with Gasteiger partial charge in [0.2, 0.25) is 0 Å². The third kappa shape index (κ3) is 4.04. The molecule has 5 nitrogen and oxygen atoms in total. The molecule has 0 aliphatic heterocycles. The number of halogens is 2. The average Bonchev–Trinajstić information content (AvgIpc) is 2.34. The fourth-order valence-electron chi connectivity index (χ4n) is 1.74. The number of benzene rings is 1. The second-order valence-corrected chi connectivity index (χ2v) is 4.13. The number of nitrogens with zero attached hydrogens (tertiary/aromatic N) is 2. The number of nitrogens with one attached hydrogen (secondary N) is 1. The minimum absolute atomic E-state index is 0.167. The Morgan fingerprint density at radius 3 is 2.68 bits per heavy atom. The maximum absolute atomic E-state index is 12.4. The van der Waals surface area contributed by atoms with Crippen LogP contribution in [-0.2, 0) is 0 Å². The molecule has 7 heteroatoms. The maximum atomic E-state index is 12.4. The number of para-hydroxylation sites is 1. The summed E-state index contributed by atoms with van der Waals surface area (Å²) in [4.78, 5) is 11.8. The maximum Gasteiger partial charge on any atom is 0.315 e. The minimum atomic E-state index is -2.54. The molecular formula is C12H17F2N3O2. The molecule has 0 bridgehead atoms. The molecule has 1 rings (SSSR count). The molecule has 0 aliphatic carbocycles. The molecule has 0 aromatic heterocycles. The van der Waals surface area contributed by atoms with Gasteiger partial charge in [-0.3, -0.25) is 10.1 Å². The van der Waals surface area contributed by atoms with Crippen molar-refractivity contribution in [3.63, 3.8) is 0 Å². The fraction of sp³-hybridized carbons (Fsp3) is 0.500. The van der Waals surface area contributed by atoms with Crippen LogP contribution in [0.3, 0.4) is 0 Å². The molecule has 19 heavy (non-hydrogen) atoms. The lowest BCUT2D eigenvalue weighted by molar-refractivity contribution is -0.383. The number of hydrogen-bond acceptors (Lipinski definition) is 4. The van der Waals surface area contributed by atoms with Crippen LogP contribution in [0.5, 0.6) is 0 Å². The van der Waals surface area contributed by atoms with E-state index in [0.29, 0.717) is 12.2 Å². The van der Waals surface area contributed by atoms with Gasteiger partial charge in [-0.1, -0.05) is 13.0 Å². The van der Waals surface area contributed by atoms with E-state index in [4.69, 9.17) is 0 Å². The first-order chi connectivity index (χ1) is 8.97. The molecule has 0 radical (unpaired) electrons. The van der Waals surface area contributed by atoms with Crippen molar-refractivity contribution >= 4 is 17.1 Å². The summed E-state index contributed by atoms with van der Waals surface area (Å²) in [6.07, 6.45) is -1.73. The van der Waals surface area contributed by atoms with Gasteiger partial charge in [0.15, 0.2) is 0 Å². The lowest BCUT2D eigenvalue weighted by Crippen LogP contribution is -2.25. The summed E-state index contributed by atoms with van der Waals surface area (Å²) in [6.45, 7) is 1.98. The summed E-state index contributed by atoms with van der Waals surface area (Å²) in [5.74, 6) is 0. The van der Waals surface area contributed by atoms with Gasteiger partial charge in [-0.15, -0.1) is 0 Å². The van der Waals surface area contributed by atoms with E-state index in [1.165, 1.54) is 18.0 Å². The molecule has 0 atom stereocenters. The van der Waals surface area contributed by atoms with E-state index in [9.17, 15) is 18.9 Å². The molecule has 0 fully saturated rings. The number of rotatable bonds is 7. The number of hydrogen-bond donors (Lipinski definition) is 1. The first-order valence-corrected chi connectivity index (χ1v) is 5.98. The summed E-state index contributed by atoms with van der Waals surface area (Å²) >= 11 is 0. The third-order valence-corrected chi connectivity index (χ3v) is 2.59. The van der Waals surface area contributed by atoms with Crippen molar-refractivity contribution < 1.29 is 13.7 Å². The predicted octanol–water partition coefficient (Wildman–Crippen LogP) is 3.12. The summed E-state index contributed by atoms with van der Waals surface area (Å²) in [7, 11) is 1.41. The van der Waals surface area contributed by atoms with E-state index in [1.807, 2.05) is 6.92 Å². The Bertz CT molecular complexity index is 441. The van der Waals surface area contributed by atoms with E-state index < -0.39 is 17.9 Å². The van der Waals surface area contributed by atoms with Crippen molar-refractivity contribution in [2.75, 3.05) is 30.4 Å². The molecule has 0 saturated heterocycles. The first-order valence-electron chi connectivity index (χ1n) is 5.98. The molecular weight excluding hydrogens is 256 g/mol. The largest absolute Gasteiger partial charge is 0.379 e. The SMILES string of the molecule is CCCNc1cccc(N(C)CC(F)F)c1[N+](=O)[O-]. The van der Waals surface area contributed by atoms with Crippen molar-refractivity contribution in [2.45, 2.75) is 19.8 Å². The van der Waals surface area contributed by atoms with Crippen LogP contribution in [0.2, 0.25) is 0 Å². The Labute approximate surface area is 110 Å². The Morgan fingerprint density at radius 1 is 1.47 bits per heavy atom. The van der Waals surface area contributed by atoms with Crippen LogP contribution in [0.15, 0.2) is 18.2 Å². The van der Waals surface area contributed by atoms with Gasteiger partial charge in [-0.2, -0.15) is 0 Å². The Balaban J connectivity index is 3.12. The predicted molar refractivity (Wildman–Crippen MR) is 71.2 cm³/mol. The summed E-state index contributed by atoms with van der Waals surface area (Å²) in [5, 5.41) is 14.1. The number of anilines is 2. The van der Waals surface area contributed by atoms with Gasteiger partial charge in [0.1, 0.15) is 11.4 Å². The van der Waals surface area contributed by atoms with Gasteiger partial charge < -0.3 is 10.2 Å². The smallest absolute Gasteiger partial charge is 0.315 e. The van der Waals surface area contributed by atoms with Crippen molar-refractivity contribution in [2.24, 2.45) is 0 Å². The van der Waals surface area contributed by atoms with Crippen LogP contribution in [0.25, 0.3) is 0 Å². The van der Waals surface area contributed by atoms with Crippen molar-refractivity contribution in [1.82, 2.24) is 0 Å². The van der Waals surface area contributed by atoms with Crippen molar-refractivity contribution in [1.29, 1.82) is 0 Å². The zero-order valence-corrected chi connectivity index (χ0v) is 10.9. The summed E-state index contributed by atoms with van der Waals surface area (Å²) in [6, 6.07) is 4.66. The summed E-state index contributed by atoms with van der Waals surface area (Å²) in [5.41, 5.74) is 0.371. The van der Waals surface area contributed by atoms with Gasteiger partial charge in [-0.05, 0) is 18.6 Å². The second kappa shape index (κ2) is 6.86. The highest BCUT2D eigenvalue weighted by Crippen LogP contribution is 2.35. The van der Waals surface area contributed by atoms with Gasteiger partial charge in [0, 0.05) is 13.6 Å². The van der Waals surface area contributed by atoms with Gasteiger partial charge in [-0.25, -0.2) is 8.78 Å². The number of alkyl halides is 2. The van der Waals surface area contributed by atoms with E-state index in [2.05, 4.69) is 5.32 Å². The second-order valence-electron chi connectivity index (χ2n) is 4.13. The Kier molecular flexibility index (Phi) is 5.47. The molecule has 1 aromatic rings. The zero-order chi connectivity index (χ0) is 14.4. The van der Waals surface area contributed by atoms with E-state index >= 15 is 0 Å². The molecule has 106 valence electrons. The zero-order valence-electron chi connectivity index (χ0n) is 10.9. The number of nitro groups is 1. The van der Waals surface area contributed by atoms with Crippen LogP contribution >= 0.6 is 0 Å². The van der Waals surface area contributed by atoms with E-state index in [0.717, 1.165) is 6.42 Å². The van der Waals surface area contributed by atoms with Crippen LogP contribution in [0.4, 0.5) is 25.8 Å². The molecule has 0 spiro atoms. The minimum Gasteiger partial charge on any atom is -0.379 e. The lowest BCUT2D eigenvalue weighted by Gasteiger charge is -2.19. The van der Waals surface area contributed by atoms with Crippen LogP contribution in [0.1, 0.15) is 13.3 Å². The molecule has 0 heterocycles. The lowest BCUT2D eigenvalue weighted by atomic mass is 10.2. The number of nitro benzene ring substituents is 1. The standard InChI is InChI=1S/C12H17F2N3O2/c1-3-7-15-9-5-4-6-10(12(9)17(18)19)16(2)8-11(13)14/h4-6,11,15H,3,7-8H2,1-2H3. The monoisotopic (exact) mass is 273 g/mol. The highest BCUT2D eigenvalue weighted by Gasteiger charge is 2.23.